The van der Waals surface area contributed by atoms with Crippen LogP contribution in [0.4, 0.5) is 0 Å². The minimum atomic E-state index is -1.06. The number of aromatic nitrogens is 2. The average Bonchev–Trinajstić information content (AvgIpc) is 2.83. The van der Waals surface area contributed by atoms with Crippen molar-refractivity contribution < 1.29 is 14.3 Å². The van der Waals surface area contributed by atoms with Gasteiger partial charge in [-0.25, -0.2) is 4.79 Å². The molecule has 0 radical (unpaired) electrons. The maximum Gasteiger partial charge on any atom is 0.371 e. The molecule has 0 unspecified atom stereocenters. The van der Waals surface area contributed by atoms with Crippen molar-refractivity contribution in [3.63, 3.8) is 0 Å². The lowest BCUT2D eigenvalue weighted by molar-refractivity contribution is 0.0662. The van der Waals surface area contributed by atoms with Gasteiger partial charge in [-0.2, -0.15) is 5.10 Å². The summed E-state index contributed by atoms with van der Waals surface area (Å²) in [5, 5.41) is 13.0. The summed E-state index contributed by atoms with van der Waals surface area (Å²) in [6.45, 7) is 4.65. The second kappa shape index (κ2) is 3.84. The standard InChI is InChI=1S/C11H12N2O3/c1-3-13-10(7(2)5-12-13)8-4-9(11(14)15)16-6-8/h4-6H,3H2,1-2H3,(H,14,15). The fraction of sp³-hybridized carbons (Fsp3) is 0.273. The second-order valence-corrected chi connectivity index (χ2v) is 3.50. The number of hydrogen-bond acceptors (Lipinski definition) is 3. The van der Waals surface area contributed by atoms with Gasteiger partial charge in [0.05, 0.1) is 11.9 Å². The van der Waals surface area contributed by atoms with Crippen molar-refractivity contribution in [2.75, 3.05) is 0 Å². The van der Waals surface area contributed by atoms with Gasteiger partial charge in [-0.05, 0) is 19.4 Å². The summed E-state index contributed by atoms with van der Waals surface area (Å²) in [5.74, 6) is -1.12. The van der Waals surface area contributed by atoms with Crippen LogP contribution in [0.25, 0.3) is 11.3 Å². The number of hydrogen-bond donors (Lipinski definition) is 1. The van der Waals surface area contributed by atoms with Crippen molar-refractivity contribution in [3.8, 4) is 11.3 Å². The number of aryl methyl sites for hydroxylation is 2. The van der Waals surface area contributed by atoms with Crippen molar-refractivity contribution >= 4 is 5.97 Å². The van der Waals surface area contributed by atoms with E-state index in [1.165, 1.54) is 12.3 Å². The predicted molar refractivity (Wildman–Crippen MR) is 57.3 cm³/mol. The van der Waals surface area contributed by atoms with Crippen molar-refractivity contribution in [1.29, 1.82) is 0 Å². The van der Waals surface area contributed by atoms with Crippen LogP contribution in [0, 0.1) is 6.92 Å². The summed E-state index contributed by atoms with van der Waals surface area (Å²) in [6, 6.07) is 1.51. The third-order valence-electron chi connectivity index (χ3n) is 2.41. The molecule has 0 saturated heterocycles. The molecule has 0 aliphatic heterocycles. The number of nitrogens with zero attached hydrogens (tertiary/aromatic N) is 2. The smallest absolute Gasteiger partial charge is 0.371 e. The van der Waals surface area contributed by atoms with Crippen LogP contribution in [0.15, 0.2) is 22.9 Å². The minimum absolute atomic E-state index is 0.0572. The molecule has 2 rings (SSSR count). The van der Waals surface area contributed by atoms with Gasteiger partial charge < -0.3 is 9.52 Å². The van der Waals surface area contributed by atoms with Crippen LogP contribution in [0.3, 0.4) is 0 Å². The van der Waals surface area contributed by atoms with E-state index in [-0.39, 0.29) is 5.76 Å². The summed E-state index contributed by atoms with van der Waals surface area (Å²) in [6.07, 6.45) is 3.20. The molecule has 16 heavy (non-hydrogen) atoms. The molecule has 0 aliphatic rings. The fourth-order valence-corrected chi connectivity index (χ4v) is 1.67. The second-order valence-electron chi connectivity index (χ2n) is 3.50. The van der Waals surface area contributed by atoms with Gasteiger partial charge in [0.2, 0.25) is 5.76 Å². The molecular weight excluding hydrogens is 208 g/mol. The van der Waals surface area contributed by atoms with Crippen molar-refractivity contribution in [3.05, 3.63) is 29.9 Å². The molecule has 0 bridgehead atoms. The molecule has 5 heteroatoms. The topological polar surface area (TPSA) is 68.3 Å². The first-order valence-electron chi connectivity index (χ1n) is 4.98. The van der Waals surface area contributed by atoms with E-state index in [2.05, 4.69) is 5.10 Å². The highest BCUT2D eigenvalue weighted by atomic mass is 16.4. The number of carboxylic acids is 1. The molecule has 0 aromatic carbocycles. The highest BCUT2D eigenvalue weighted by Gasteiger charge is 2.15. The Morgan fingerprint density at radius 1 is 1.62 bits per heavy atom. The van der Waals surface area contributed by atoms with Gasteiger partial charge in [0.25, 0.3) is 0 Å². The van der Waals surface area contributed by atoms with E-state index in [0.717, 1.165) is 23.4 Å². The Bertz CT molecular complexity index is 525. The van der Waals surface area contributed by atoms with Gasteiger partial charge in [-0.1, -0.05) is 0 Å². The van der Waals surface area contributed by atoms with Crippen LogP contribution >= 0.6 is 0 Å². The van der Waals surface area contributed by atoms with Gasteiger partial charge in [-0.15, -0.1) is 0 Å². The van der Waals surface area contributed by atoms with Gasteiger partial charge in [0, 0.05) is 18.2 Å². The van der Waals surface area contributed by atoms with E-state index < -0.39 is 5.97 Å². The highest BCUT2D eigenvalue weighted by molar-refractivity contribution is 5.86. The lowest BCUT2D eigenvalue weighted by atomic mass is 10.1. The molecule has 5 nitrogen and oxygen atoms in total. The first kappa shape index (κ1) is 10.5. The Balaban J connectivity index is 2.49. The lowest BCUT2D eigenvalue weighted by Crippen LogP contribution is -1.98. The molecule has 2 aromatic rings. The average molecular weight is 220 g/mol. The molecule has 0 saturated carbocycles. The molecule has 0 spiro atoms. The SMILES string of the molecule is CCn1ncc(C)c1-c1coc(C(=O)O)c1. The van der Waals surface area contributed by atoms with E-state index in [1.807, 2.05) is 18.5 Å². The summed E-state index contributed by atoms with van der Waals surface area (Å²) in [7, 11) is 0. The van der Waals surface area contributed by atoms with Crippen molar-refractivity contribution in [2.45, 2.75) is 20.4 Å². The largest absolute Gasteiger partial charge is 0.475 e. The molecular formula is C11H12N2O3. The van der Waals surface area contributed by atoms with E-state index in [4.69, 9.17) is 9.52 Å². The Morgan fingerprint density at radius 3 is 2.94 bits per heavy atom. The quantitative estimate of drug-likeness (QED) is 0.860. The minimum Gasteiger partial charge on any atom is -0.475 e. The van der Waals surface area contributed by atoms with Crippen LogP contribution in [-0.4, -0.2) is 20.9 Å². The number of aromatic carboxylic acids is 1. The molecule has 1 N–H and O–H groups in total. The van der Waals surface area contributed by atoms with Crippen LogP contribution < -0.4 is 0 Å². The third-order valence-corrected chi connectivity index (χ3v) is 2.41. The van der Waals surface area contributed by atoms with Crippen LogP contribution in [0.2, 0.25) is 0 Å². The first-order chi connectivity index (χ1) is 7.63. The fourth-order valence-electron chi connectivity index (χ4n) is 1.67. The van der Waals surface area contributed by atoms with Gasteiger partial charge in [0.1, 0.15) is 6.26 Å². The molecule has 0 amide bonds. The Labute approximate surface area is 92.3 Å². The predicted octanol–water partition coefficient (Wildman–Crippen LogP) is 2.17. The van der Waals surface area contributed by atoms with Crippen molar-refractivity contribution in [2.24, 2.45) is 0 Å². The Hall–Kier alpha value is -2.04. The zero-order chi connectivity index (χ0) is 11.7. The molecule has 84 valence electrons. The molecule has 0 fully saturated rings. The summed E-state index contributed by atoms with van der Waals surface area (Å²) >= 11 is 0. The maximum absolute atomic E-state index is 10.7. The number of carboxylic acid groups (broad SMARTS) is 1. The zero-order valence-corrected chi connectivity index (χ0v) is 9.10. The van der Waals surface area contributed by atoms with Crippen molar-refractivity contribution in [1.82, 2.24) is 9.78 Å². The van der Waals surface area contributed by atoms with E-state index in [1.54, 1.807) is 6.20 Å². The zero-order valence-electron chi connectivity index (χ0n) is 9.10. The van der Waals surface area contributed by atoms with Gasteiger partial charge >= 0.3 is 5.97 Å². The van der Waals surface area contributed by atoms with E-state index in [9.17, 15) is 4.79 Å². The van der Waals surface area contributed by atoms with Gasteiger partial charge in [-0.3, -0.25) is 4.68 Å². The number of rotatable bonds is 3. The lowest BCUT2D eigenvalue weighted by Gasteiger charge is -2.02. The number of furan rings is 1. The normalized spacial score (nSPS) is 10.6. The van der Waals surface area contributed by atoms with Crippen LogP contribution in [0.1, 0.15) is 23.0 Å². The summed E-state index contributed by atoms with van der Waals surface area (Å²) in [4.78, 5) is 10.7. The maximum atomic E-state index is 10.7. The van der Waals surface area contributed by atoms with Crippen LogP contribution in [0.5, 0.6) is 0 Å². The molecule has 2 heterocycles. The van der Waals surface area contributed by atoms with E-state index in [0.29, 0.717) is 0 Å². The summed E-state index contributed by atoms with van der Waals surface area (Å²) < 4.78 is 6.78. The molecule has 0 atom stereocenters. The number of carbonyl (C=O) groups is 1. The monoisotopic (exact) mass is 220 g/mol. The molecule has 0 aliphatic carbocycles. The molecule has 2 aromatic heterocycles. The summed E-state index contributed by atoms with van der Waals surface area (Å²) in [5.41, 5.74) is 2.65. The Morgan fingerprint density at radius 2 is 2.38 bits per heavy atom. The van der Waals surface area contributed by atoms with E-state index >= 15 is 0 Å². The van der Waals surface area contributed by atoms with Crippen LogP contribution in [-0.2, 0) is 6.54 Å². The third kappa shape index (κ3) is 1.60. The highest BCUT2D eigenvalue weighted by Crippen LogP contribution is 2.25. The first-order valence-corrected chi connectivity index (χ1v) is 4.98. The Kier molecular flexibility index (Phi) is 2.52. The van der Waals surface area contributed by atoms with Gasteiger partial charge in [0.15, 0.2) is 0 Å².